The monoisotopic (exact) mass is 518 g/mol. The number of fused-ring (bicyclic) bond motifs is 1. The van der Waals surface area contributed by atoms with E-state index >= 15 is 0 Å². The number of amides is 1. The molecule has 0 spiro atoms. The van der Waals surface area contributed by atoms with Crippen LogP contribution in [0.2, 0.25) is 0 Å². The highest BCUT2D eigenvalue weighted by Gasteiger charge is 2.35. The van der Waals surface area contributed by atoms with Crippen LogP contribution in [0.15, 0.2) is 90.0 Å². The standard InChI is InChI=1S/C29H27FN2O4S/c30-25-8-2-1-5-24(25)19-29(34)14-17-32(18-15-29)28(33)23-12-10-21(11-13-23)20-37(35,36)26-9-3-6-22-7-4-16-31-27(22)26/h1-13,16,34H,14-15,17-20H2. The van der Waals surface area contributed by atoms with Crippen LogP contribution in [-0.4, -0.2) is 48.0 Å². The highest BCUT2D eigenvalue weighted by Crippen LogP contribution is 2.29. The number of para-hydroxylation sites is 1. The molecule has 1 amide bonds. The number of aromatic nitrogens is 1. The van der Waals surface area contributed by atoms with Gasteiger partial charge in [0.25, 0.3) is 5.91 Å². The number of halogens is 1. The van der Waals surface area contributed by atoms with Crippen LogP contribution in [0.4, 0.5) is 4.39 Å². The topological polar surface area (TPSA) is 87.6 Å². The highest BCUT2D eigenvalue weighted by molar-refractivity contribution is 7.90. The molecule has 1 aromatic heterocycles. The third kappa shape index (κ3) is 5.40. The second kappa shape index (κ2) is 10.0. The van der Waals surface area contributed by atoms with Crippen molar-refractivity contribution in [2.45, 2.75) is 35.5 Å². The zero-order chi connectivity index (χ0) is 26.0. The SMILES string of the molecule is O=C(c1ccc(CS(=O)(=O)c2cccc3cccnc23)cc1)N1CCC(O)(Cc2ccccc2F)CC1. The molecule has 0 aliphatic carbocycles. The first-order chi connectivity index (χ1) is 17.7. The van der Waals surface area contributed by atoms with Crippen LogP contribution in [0, 0.1) is 5.82 Å². The first kappa shape index (κ1) is 25.0. The van der Waals surface area contributed by atoms with Crippen LogP contribution in [-0.2, 0) is 22.0 Å². The van der Waals surface area contributed by atoms with Gasteiger partial charge in [-0.15, -0.1) is 0 Å². The van der Waals surface area contributed by atoms with Gasteiger partial charge in [0.05, 0.1) is 21.8 Å². The van der Waals surface area contributed by atoms with Crippen molar-refractivity contribution < 1.29 is 22.7 Å². The molecule has 0 atom stereocenters. The van der Waals surface area contributed by atoms with Gasteiger partial charge in [-0.2, -0.15) is 0 Å². The van der Waals surface area contributed by atoms with E-state index in [1.807, 2.05) is 12.1 Å². The van der Waals surface area contributed by atoms with Gasteiger partial charge in [0.15, 0.2) is 9.84 Å². The number of piperidine rings is 1. The van der Waals surface area contributed by atoms with E-state index in [0.29, 0.717) is 48.1 Å². The minimum Gasteiger partial charge on any atom is -0.389 e. The van der Waals surface area contributed by atoms with Gasteiger partial charge in [-0.1, -0.05) is 48.5 Å². The summed E-state index contributed by atoms with van der Waals surface area (Å²) in [5, 5.41) is 11.7. The summed E-state index contributed by atoms with van der Waals surface area (Å²) in [6.45, 7) is 0.710. The summed E-state index contributed by atoms with van der Waals surface area (Å²) in [5.74, 6) is -0.724. The Morgan fingerprint density at radius 2 is 1.65 bits per heavy atom. The van der Waals surface area contributed by atoms with Gasteiger partial charge in [0, 0.05) is 36.7 Å². The Morgan fingerprint density at radius 3 is 2.38 bits per heavy atom. The Kier molecular flexibility index (Phi) is 6.79. The summed E-state index contributed by atoms with van der Waals surface area (Å²) in [6.07, 6.45) is 2.48. The number of hydrogen-bond acceptors (Lipinski definition) is 5. The molecule has 0 bridgehead atoms. The number of rotatable bonds is 6. The van der Waals surface area contributed by atoms with Gasteiger partial charge in [-0.05, 0) is 54.3 Å². The van der Waals surface area contributed by atoms with E-state index in [9.17, 15) is 22.7 Å². The van der Waals surface area contributed by atoms with Crippen LogP contribution in [0.1, 0.15) is 34.3 Å². The lowest BCUT2D eigenvalue weighted by Gasteiger charge is -2.38. The first-order valence-electron chi connectivity index (χ1n) is 12.1. The van der Waals surface area contributed by atoms with Crippen LogP contribution in [0.25, 0.3) is 10.9 Å². The summed E-state index contributed by atoms with van der Waals surface area (Å²) >= 11 is 0. The van der Waals surface area contributed by atoms with E-state index in [-0.39, 0.29) is 28.8 Å². The summed E-state index contributed by atoms with van der Waals surface area (Å²) < 4.78 is 40.3. The molecular weight excluding hydrogens is 491 g/mol. The van der Waals surface area contributed by atoms with E-state index in [4.69, 9.17) is 0 Å². The predicted octanol–water partition coefficient (Wildman–Crippen LogP) is 4.56. The number of carbonyl (C=O) groups excluding carboxylic acids is 1. The number of benzene rings is 3. The smallest absolute Gasteiger partial charge is 0.253 e. The zero-order valence-corrected chi connectivity index (χ0v) is 21.0. The van der Waals surface area contributed by atoms with E-state index in [1.165, 1.54) is 6.07 Å². The average Bonchev–Trinajstić information content (AvgIpc) is 2.90. The molecule has 37 heavy (non-hydrogen) atoms. The second-order valence-electron chi connectivity index (χ2n) is 9.57. The van der Waals surface area contributed by atoms with E-state index in [2.05, 4.69) is 4.98 Å². The molecule has 1 saturated heterocycles. The van der Waals surface area contributed by atoms with Crippen LogP contribution in [0.5, 0.6) is 0 Å². The fourth-order valence-electron chi connectivity index (χ4n) is 4.85. The number of hydrogen-bond donors (Lipinski definition) is 1. The van der Waals surface area contributed by atoms with E-state index < -0.39 is 15.4 Å². The predicted molar refractivity (Wildman–Crippen MR) is 139 cm³/mol. The van der Waals surface area contributed by atoms with E-state index in [0.717, 1.165) is 5.39 Å². The van der Waals surface area contributed by atoms with Crippen molar-refractivity contribution in [3.8, 4) is 0 Å². The third-order valence-corrected chi connectivity index (χ3v) is 8.66. The van der Waals surface area contributed by atoms with Gasteiger partial charge in [-0.3, -0.25) is 9.78 Å². The number of sulfone groups is 1. The molecular formula is C29H27FN2O4S. The molecule has 6 nitrogen and oxygen atoms in total. The van der Waals surface area contributed by atoms with Crippen LogP contribution in [0.3, 0.4) is 0 Å². The number of carbonyl (C=O) groups is 1. The number of pyridine rings is 1. The molecule has 190 valence electrons. The van der Waals surface area contributed by atoms with Gasteiger partial charge in [0.1, 0.15) is 5.82 Å². The molecule has 0 saturated carbocycles. The highest BCUT2D eigenvalue weighted by atomic mass is 32.2. The Morgan fingerprint density at radius 1 is 0.946 bits per heavy atom. The summed E-state index contributed by atoms with van der Waals surface area (Å²) in [4.78, 5) is 19.1. The van der Waals surface area contributed by atoms with Gasteiger partial charge in [-0.25, -0.2) is 12.8 Å². The normalized spacial score (nSPS) is 15.6. The lowest BCUT2D eigenvalue weighted by molar-refractivity contribution is -0.0167. The minimum absolute atomic E-state index is 0.180. The van der Waals surface area contributed by atoms with Gasteiger partial charge < -0.3 is 10.0 Å². The average molecular weight is 519 g/mol. The lowest BCUT2D eigenvalue weighted by Crippen LogP contribution is -2.47. The fourth-order valence-corrected chi connectivity index (χ4v) is 6.39. The lowest BCUT2D eigenvalue weighted by atomic mass is 9.85. The molecule has 3 aromatic carbocycles. The van der Waals surface area contributed by atoms with Crippen molar-refractivity contribution in [3.63, 3.8) is 0 Å². The van der Waals surface area contributed by atoms with Crippen molar-refractivity contribution >= 4 is 26.6 Å². The van der Waals surface area contributed by atoms with Gasteiger partial charge >= 0.3 is 0 Å². The van der Waals surface area contributed by atoms with Crippen molar-refractivity contribution in [2.75, 3.05) is 13.1 Å². The summed E-state index contributed by atoms with van der Waals surface area (Å²) in [7, 11) is -3.65. The molecule has 1 aliphatic heterocycles. The number of aliphatic hydroxyl groups is 1. The van der Waals surface area contributed by atoms with Gasteiger partial charge in [0.2, 0.25) is 0 Å². The number of nitrogens with zero attached hydrogens (tertiary/aromatic N) is 2. The molecule has 4 aromatic rings. The molecule has 8 heteroatoms. The maximum Gasteiger partial charge on any atom is 0.253 e. The molecule has 1 aliphatic rings. The van der Waals surface area contributed by atoms with Crippen LogP contribution >= 0.6 is 0 Å². The third-order valence-electron chi connectivity index (χ3n) is 6.95. The Labute approximate surface area is 215 Å². The quantitative estimate of drug-likeness (QED) is 0.404. The molecule has 1 N–H and O–H groups in total. The molecule has 5 rings (SSSR count). The summed E-state index contributed by atoms with van der Waals surface area (Å²) in [6, 6.07) is 21.7. The van der Waals surface area contributed by atoms with Crippen molar-refractivity contribution in [1.29, 1.82) is 0 Å². The van der Waals surface area contributed by atoms with Crippen molar-refractivity contribution in [3.05, 3.63) is 108 Å². The maximum atomic E-state index is 14.0. The number of likely N-dealkylation sites (tertiary alicyclic amines) is 1. The second-order valence-corrected chi connectivity index (χ2v) is 11.5. The minimum atomic E-state index is -3.65. The molecule has 2 heterocycles. The Balaban J connectivity index is 1.24. The Hall–Kier alpha value is -3.62. The first-order valence-corrected chi connectivity index (χ1v) is 13.8. The molecule has 0 radical (unpaired) electrons. The molecule has 0 unspecified atom stereocenters. The Bertz CT molecular complexity index is 1540. The van der Waals surface area contributed by atoms with Crippen molar-refractivity contribution in [1.82, 2.24) is 9.88 Å². The van der Waals surface area contributed by atoms with E-state index in [1.54, 1.807) is 71.8 Å². The fraction of sp³-hybridized carbons (Fsp3) is 0.241. The zero-order valence-electron chi connectivity index (χ0n) is 20.2. The maximum absolute atomic E-state index is 14.0. The summed E-state index contributed by atoms with van der Waals surface area (Å²) in [5.41, 5.74) is 0.870. The molecule has 1 fully saturated rings. The van der Waals surface area contributed by atoms with Crippen molar-refractivity contribution in [2.24, 2.45) is 0 Å². The largest absolute Gasteiger partial charge is 0.389 e. The van der Waals surface area contributed by atoms with Crippen LogP contribution < -0.4 is 0 Å².